The highest BCUT2D eigenvalue weighted by Crippen LogP contribution is 2.30. The van der Waals surface area contributed by atoms with Crippen LogP contribution in [-0.4, -0.2) is 41.5 Å². The molecular weight excluding hydrogens is 438 g/mol. The fourth-order valence-corrected chi connectivity index (χ4v) is 2.55. The summed E-state index contributed by atoms with van der Waals surface area (Å²) in [5.41, 5.74) is -1.07. The van der Waals surface area contributed by atoms with E-state index in [-0.39, 0.29) is 41.7 Å². The maximum Gasteiger partial charge on any atom is 0.435 e. The maximum atomic E-state index is 12.9. The first kappa shape index (κ1) is 21.0. The second-order valence-electron chi connectivity index (χ2n) is 5.86. The van der Waals surface area contributed by atoms with E-state index in [0.717, 1.165) is 24.1 Å². The smallest absolute Gasteiger partial charge is 0.373 e. The van der Waals surface area contributed by atoms with E-state index in [2.05, 4.69) is 20.7 Å². The molecule has 1 fully saturated rings. The Balaban J connectivity index is 0.00000288. The minimum absolute atomic E-state index is 0. The van der Waals surface area contributed by atoms with Crippen LogP contribution >= 0.6 is 24.0 Å². The largest absolute Gasteiger partial charge is 0.435 e. The van der Waals surface area contributed by atoms with E-state index in [1.165, 1.54) is 13.2 Å². The van der Waals surface area contributed by atoms with Crippen LogP contribution in [0.15, 0.2) is 11.2 Å². The number of guanidine groups is 1. The van der Waals surface area contributed by atoms with Gasteiger partial charge in [0.1, 0.15) is 0 Å². The van der Waals surface area contributed by atoms with Crippen molar-refractivity contribution < 1.29 is 17.9 Å². The van der Waals surface area contributed by atoms with Crippen LogP contribution in [0, 0.1) is 0 Å². The molecule has 0 saturated carbocycles. The zero-order valence-corrected chi connectivity index (χ0v) is 16.2. The molecule has 2 rings (SSSR count). The highest BCUT2D eigenvalue weighted by atomic mass is 127. The van der Waals surface area contributed by atoms with Crippen molar-refractivity contribution in [1.29, 1.82) is 0 Å². The molecule has 0 spiro atoms. The number of halogens is 4. The number of aryl methyl sites for hydroxylation is 1. The molecule has 0 radical (unpaired) electrons. The average molecular weight is 461 g/mol. The van der Waals surface area contributed by atoms with Crippen LogP contribution in [0.5, 0.6) is 0 Å². The SMILES string of the molecule is CN=C(NCc1cn(C)nc1C(F)(F)F)NCC1(C)CCCO1.I. The van der Waals surface area contributed by atoms with Gasteiger partial charge in [0.25, 0.3) is 0 Å². The van der Waals surface area contributed by atoms with Crippen molar-refractivity contribution in [3.8, 4) is 0 Å². The van der Waals surface area contributed by atoms with Crippen LogP contribution in [0.4, 0.5) is 13.2 Å². The molecule has 0 bridgehead atoms. The number of nitrogens with one attached hydrogen (secondary N) is 2. The van der Waals surface area contributed by atoms with E-state index in [1.54, 1.807) is 7.05 Å². The van der Waals surface area contributed by atoms with E-state index < -0.39 is 11.9 Å². The standard InChI is InChI=1S/C14H22F3N5O.HI/c1-13(5-4-6-23-13)9-20-12(18-2)19-7-10-8-22(3)21-11(10)14(15,16)17;/h8H,4-7,9H2,1-3H3,(H2,18,19,20);1H. The zero-order valence-electron chi connectivity index (χ0n) is 13.9. The van der Waals surface area contributed by atoms with Gasteiger partial charge in [-0.25, -0.2) is 0 Å². The van der Waals surface area contributed by atoms with Crippen LogP contribution < -0.4 is 10.6 Å². The summed E-state index contributed by atoms with van der Waals surface area (Å²) in [7, 11) is 3.03. The summed E-state index contributed by atoms with van der Waals surface area (Å²) < 4.78 is 45.5. The molecular formula is C14H23F3IN5O. The van der Waals surface area contributed by atoms with Crippen LogP contribution in [-0.2, 0) is 24.5 Å². The van der Waals surface area contributed by atoms with Gasteiger partial charge in [0, 0.05) is 45.6 Å². The number of aromatic nitrogens is 2. The Morgan fingerprint density at radius 3 is 2.71 bits per heavy atom. The molecule has 10 heteroatoms. The van der Waals surface area contributed by atoms with Crippen LogP contribution in [0.25, 0.3) is 0 Å². The molecule has 1 aromatic heterocycles. The number of hydrogen-bond donors (Lipinski definition) is 2. The van der Waals surface area contributed by atoms with E-state index in [0.29, 0.717) is 12.5 Å². The summed E-state index contributed by atoms with van der Waals surface area (Å²) in [5.74, 6) is 0.429. The zero-order chi connectivity index (χ0) is 17.1. The minimum Gasteiger partial charge on any atom is -0.373 e. The van der Waals surface area contributed by atoms with E-state index in [9.17, 15) is 13.2 Å². The summed E-state index contributed by atoms with van der Waals surface area (Å²) in [6, 6.07) is 0. The van der Waals surface area contributed by atoms with Crippen LogP contribution in [0.2, 0.25) is 0 Å². The number of aliphatic imine (C=N–C) groups is 1. The molecule has 1 unspecified atom stereocenters. The lowest BCUT2D eigenvalue weighted by Gasteiger charge is -2.24. The van der Waals surface area contributed by atoms with Gasteiger partial charge in [-0.15, -0.1) is 24.0 Å². The Bertz CT molecular complexity index is 567. The summed E-state index contributed by atoms with van der Waals surface area (Å²) >= 11 is 0. The fraction of sp³-hybridized carbons (Fsp3) is 0.714. The summed E-state index contributed by atoms with van der Waals surface area (Å²) in [5, 5.41) is 9.45. The Morgan fingerprint density at radius 1 is 1.46 bits per heavy atom. The molecule has 2 heterocycles. The average Bonchev–Trinajstić information content (AvgIpc) is 3.05. The Labute approximate surface area is 156 Å². The van der Waals surface area contributed by atoms with E-state index >= 15 is 0 Å². The van der Waals surface area contributed by atoms with Crippen molar-refractivity contribution in [2.75, 3.05) is 20.2 Å². The molecule has 0 aromatic carbocycles. The molecule has 138 valence electrons. The molecule has 6 nitrogen and oxygen atoms in total. The molecule has 1 aromatic rings. The van der Waals surface area contributed by atoms with Crippen molar-refractivity contribution >= 4 is 29.9 Å². The monoisotopic (exact) mass is 461 g/mol. The summed E-state index contributed by atoms with van der Waals surface area (Å²) in [6.07, 6.45) is -1.17. The number of rotatable bonds is 4. The quantitative estimate of drug-likeness (QED) is 0.411. The maximum absolute atomic E-state index is 12.9. The Hall–Kier alpha value is -1.04. The van der Waals surface area contributed by atoms with Crippen molar-refractivity contribution in [2.45, 2.75) is 38.1 Å². The third-order valence-corrected chi connectivity index (χ3v) is 3.77. The minimum atomic E-state index is -4.47. The molecule has 0 aliphatic carbocycles. The van der Waals surface area contributed by atoms with Crippen LogP contribution in [0.3, 0.4) is 0 Å². The van der Waals surface area contributed by atoms with Gasteiger partial charge in [-0.1, -0.05) is 0 Å². The predicted molar refractivity (Wildman–Crippen MR) is 95.4 cm³/mol. The van der Waals surface area contributed by atoms with E-state index in [4.69, 9.17) is 4.74 Å². The third-order valence-electron chi connectivity index (χ3n) is 3.77. The first-order valence-electron chi connectivity index (χ1n) is 7.42. The second-order valence-corrected chi connectivity index (χ2v) is 5.86. The highest BCUT2D eigenvalue weighted by Gasteiger charge is 2.37. The predicted octanol–water partition coefficient (Wildman–Crippen LogP) is 2.29. The van der Waals surface area contributed by atoms with Crippen molar-refractivity contribution in [2.24, 2.45) is 12.0 Å². The van der Waals surface area contributed by atoms with Gasteiger partial charge in [0.05, 0.1) is 5.60 Å². The molecule has 1 atom stereocenters. The van der Waals surface area contributed by atoms with E-state index in [1.807, 2.05) is 6.92 Å². The van der Waals surface area contributed by atoms with Gasteiger partial charge in [0.15, 0.2) is 11.7 Å². The normalized spacial score (nSPS) is 21.5. The highest BCUT2D eigenvalue weighted by molar-refractivity contribution is 14.0. The second kappa shape index (κ2) is 8.37. The van der Waals surface area contributed by atoms with Crippen molar-refractivity contribution in [1.82, 2.24) is 20.4 Å². The molecule has 1 aliphatic heterocycles. The number of ether oxygens (including phenoxy) is 1. The lowest BCUT2D eigenvalue weighted by atomic mass is 10.0. The lowest BCUT2D eigenvalue weighted by molar-refractivity contribution is -0.142. The third kappa shape index (κ3) is 5.50. The van der Waals surface area contributed by atoms with Crippen molar-refractivity contribution in [3.63, 3.8) is 0 Å². The Morgan fingerprint density at radius 2 is 2.17 bits per heavy atom. The van der Waals surface area contributed by atoms with Crippen LogP contribution in [0.1, 0.15) is 31.0 Å². The first-order chi connectivity index (χ1) is 10.7. The molecule has 1 aliphatic rings. The lowest BCUT2D eigenvalue weighted by Crippen LogP contribution is -2.45. The van der Waals surface area contributed by atoms with Gasteiger partial charge < -0.3 is 15.4 Å². The molecule has 1 saturated heterocycles. The number of alkyl halides is 3. The number of nitrogens with zero attached hydrogens (tertiary/aromatic N) is 3. The molecule has 0 amide bonds. The fourth-order valence-electron chi connectivity index (χ4n) is 2.55. The van der Waals surface area contributed by atoms with Gasteiger partial charge >= 0.3 is 6.18 Å². The number of hydrogen-bond acceptors (Lipinski definition) is 3. The molecule has 2 N–H and O–H groups in total. The topological polar surface area (TPSA) is 63.5 Å². The van der Waals surface area contributed by atoms with Crippen molar-refractivity contribution in [3.05, 3.63) is 17.5 Å². The summed E-state index contributed by atoms with van der Waals surface area (Å²) in [4.78, 5) is 4.02. The summed E-state index contributed by atoms with van der Waals surface area (Å²) in [6.45, 7) is 3.27. The van der Waals surface area contributed by atoms with Gasteiger partial charge in [0.2, 0.25) is 0 Å². The van der Waals surface area contributed by atoms with Gasteiger partial charge in [-0.2, -0.15) is 18.3 Å². The van der Waals surface area contributed by atoms with Gasteiger partial charge in [-0.3, -0.25) is 9.67 Å². The van der Waals surface area contributed by atoms with Gasteiger partial charge in [-0.05, 0) is 19.8 Å². The molecule has 24 heavy (non-hydrogen) atoms. The first-order valence-corrected chi connectivity index (χ1v) is 7.42. The Kier molecular flexibility index (Phi) is 7.32.